The molecule has 23 heavy (non-hydrogen) atoms. The second-order valence-electron chi connectivity index (χ2n) is 6.18. The molecule has 1 aromatic carbocycles. The van der Waals surface area contributed by atoms with Crippen LogP contribution in [0.2, 0.25) is 0 Å². The van der Waals surface area contributed by atoms with Gasteiger partial charge in [0, 0.05) is 18.8 Å². The molecular weight excluding hydrogens is 298 g/mol. The second kappa shape index (κ2) is 6.58. The molecular formula is C17H21NO5. The number of fused-ring (bicyclic) bond motifs is 1. The molecule has 1 amide bonds. The van der Waals surface area contributed by atoms with E-state index in [0.717, 1.165) is 11.3 Å². The molecule has 0 aromatic heterocycles. The van der Waals surface area contributed by atoms with E-state index in [1.807, 2.05) is 24.3 Å². The van der Waals surface area contributed by atoms with Crippen molar-refractivity contribution in [3.05, 3.63) is 29.8 Å². The van der Waals surface area contributed by atoms with Gasteiger partial charge in [-0.3, -0.25) is 9.59 Å². The van der Waals surface area contributed by atoms with Crippen LogP contribution in [-0.2, 0) is 14.3 Å². The lowest BCUT2D eigenvalue weighted by atomic mass is 9.84. The maximum atomic E-state index is 12.8. The van der Waals surface area contributed by atoms with Crippen LogP contribution >= 0.6 is 0 Å². The number of carboxylic acids is 1. The van der Waals surface area contributed by atoms with Crippen LogP contribution in [0.25, 0.3) is 0 Å². The van der Waals surface area contributed by atoms with E-state index in [2.05, 4.69) is 5.32 Å². The number of rotatable bonds is 4. The highest BCUT2D eigenvalue weighted by molar-refractivity contribution is 5.86. The first-order valence-electron chi connectivity index (χ1n) is 7.93. The highest BCUT2D eigenvalue weighted by Gasteiger charge is 2.39. The number of benzene rings is 1. The maximum absolute atomic E-state index is 12.8. The molecule has 2 aliphatic rings. The Morgan fingerprint density at radius 3 is 2.70 bits per heavy atom. The maximum Gasteiger partial charge on any atom is 0.305 e. The summed E-state index contributed by atoms with van der Waals surface area (Å²) in [5.41, 5.74) is 0.155. The molecule has 124 valence electrons. The molecule has 0 saturated carbocycles. The molecule has 1 unspecified atom stereocenters. The molecule has 6 heteroatoms. The fourth-order valence-electron chi connectivity index (χ4n) is 3.36. The van der Waals surface area contributed by atoms with E-state index in [4.69, 9.17) is 9.47 Å². The first-order valence-corrected chi connectivity index (χ1v) is 7.93. The first kappa shape index (κ1) is 15.8. The summed E-state index contributed by atoms with van der Waals surface area (Å²) >= 11 is 0. The van der Waals surface area contributed by atoms with Gasteiger partial charge < -0.3 is 19.9 Å². The summed E-state index contributed by atoms with van der Waals surface area (Å²) in [7, 11) is 0. The van der Waals surface area contributed by atoms with E-state index in [-0.39, 0.29) is 18.2 Å². The summed E-state index contributed by atoms with van der Waals surface area (Å²) in [5, 5.41) is 12.2. The Labute approximate surface area is 134 Å². The predicted octanol–water partition coefficient (Wildman–Crippen LogP) is 1.69. The molecule has 2 aliphatic heterocycles. The lowest BCUT2D eigenvalue weighted by Crippen LogP contribution is -2.54. The summed E-state index contributed by atoms with van der Waals surface area (Å²) in [6.45, 7) is 1.43. The van der Waals surface area contributed by atoms with Crippen LogP contribution in [-0.4, -0.2) is 42.3 Å². The Bertz CT molecular complexity index is 594. The molecule has 1 saturated heterocycles. The van der Waals surface area contributed by atoms with Crippen molar-refractivity contribution in [2.45, 2.75) is 37.1 Å². The van der Waals surface area contributed by atoms with Gasteiger partial charge in [-0.2, -0.15) is 0 Å². The normalized spacial score (nSPS) is 22.5. The summed E-state index contributed by atoms with van der Waals surface area (Å²) in [5.74, 6) is -0.588. The third-order valence-corrected chi connectivity index (χ3v) is 4.60. The second-order valence-corrected chi connectivity index (χ2v) is 6.18. The van der Waals surface area contributed by atoms with E-state index in [9.17, 15) is 14.7 Å². The smallest absolute Gasteiger partial charge is 0.305 e. The lowest BCUT2D eigenvalue weighted by molar-refractivity contribution is -0.140. The van der Waals surface area contributed by atoms with Crippen molar-refractivity contribution in [2.24, 2.45) is 0 Å². The number of hydrogen-bond acceptors (Lipinski definition) is 4. The molecule has 0 bridgehead atoms. The quantitative estimate of drug-likeness (QED) is 0.882. The standard InChI is InChI=1S/C17H21NO5/c19-15(20)11-17(6-9-22-10-7-17)18-16(21)13-5-8-23-14-4-2-1-3-12(13)14/h1-4,13H,5-11H2,(H,18,21)(H,19,20). The van der Waals surface area contributed by atoms with Crippen molar-refractivity contribution >= 4 is 11.9 Å². The largest absolute Gasteiger partial charge is 0.493 e. The number of aliphatic carboxylic acids is 1. The summed E-state index contributed by atoms with van der Waals surface area (Å²) in [6, 6.07) is 7.52. The van der Waals surface area contributed by atoms with Gasteiger partial charge in [0.2, 0.25) is 5.91 Å². The van der Waals surface area contributed by atoms with Gasteiger partial charge in [-0.1, -0.05) is 18.2 Å². The van der Waals surface area contributed by atoms with Crippen LogP contribution in [0.15, 0.2) is 24.3 Å². The number of para-hydroxylation sites is 1. The lowest BCUT2D eigenvalue weighted by Gasteiger charge is -2.38. The van der Waals surface area contributed by atoms with Crippen molar-refractivity contribution in [1.29, 1.82) is 0 Å². The van der Waals surface area contributed by atoms with Crippen LogP contribution in [0.1, 0.15) is 37.2 Å². The van der Waals surface area contributed by atoms with Crippen molar-refractivity contribution in [3.63, 3.8) is 0 Å². The number of carboxylic acid groups (broad SMARTS) is 1. The first-order chi connectivity index (χ1) is 11.1. The Kier molecular flexibility index (Phi) is 4.52. The summed E-state index contributed by atoms with van der Waals surface area (Å²) in [4.78, 5) is 24.0. The van der Waals surface area contributed by atoms with Gasteiger partial charge in [-0.15, -0.1) is 0 Å². The third-order valence-electron chi connectivity index (χ3n) is 4.60. The number of amides is 1. The minimum absolute atomic E-state index is 0.0764. The van der Waals surface area contributed by atoms with E-state index >= 15 is 0 Å². The zero-order valence-corrected chi connectivity index (χ0v) is 12.9. The molecule has 0 radical (unpaired) electrons. The zero-order valence-electron chi connectivity index (χ0n) is 12.9. The van der Waals surface area contributed by atoms with Crippen LogP contribution in [0.5, 0.6) is 5.75 Å². The van der Waals surface area contributed by atoms with Gasteiger partial charge in [0.1, 0.15) is 5.75 Å². The molecule has 1 fully saturated rings. The topological polar surface area (TPSA) is 84.9 Å². The van der Waals surface area contributed by atoms with Gasteiger partial charge in [0.05, 0.1) is 24.5 Å². The van der Waals surface area contributed by atoms with Gasteiger partial charge in [-0.25, -0.2) is 0 Å². The average molecular weight is 319 g/mol. The molecule has 0 aliphatic carbocycles. The Hall–Kier alpha value is -2.08. The highest BCUT2D eigenvalue weighted by atomic mass is 16.5. The minimum Gasteiger partial charge on any atom is -0.493 e. The van der Waals surface area contributed by atoms with Crippen molar-refractivity contribution in [2.75, 3.05) is 19.8 Å². The molecule has 2 N–H and O–H groups in total. The SMILES string of the molecule is O=C(O)CC1(NC(=O)C2CCOc3ccccc32)CCOCC1. The van der Waals surface area contributed by atoms with E-state index in [0.29, 0.717) is 39.1 Å². The van der Waals surface area contributed by atoms with E-state index in [1.54, 1.807) is 0 Å². The number of hydrogen-bond donors (Lipinski definition) is 2. The van der Waals surface area contributed by atoms with E-state index < -0.39 is 11.5 Å². The van der Waals surface area contributed by atoms with Crippen LogP contribution in [0, 0.1) is 0 Å². The zero-order chi connectivity index (χ0) is 16.3. The van der Waals surface area contributed by atoms with E-state index in [1.165, 1.54) is 0 Å². The van der Waals surface area contributed by atoms with Gasteiger partial charge in [-0.05, 0) is 25.3 Å². The minimum atomic E-state index is -0.903. The van der Waals surface area contributed by atoms with Crippen molar-refractivity contribution in [3.8, 4) is 5.75 Å². The Morgan fingerprint density at radius 2 is 1.96 bits per heavy atom. The van der Waals surface area contributed by atoms with Crippen LogP contribution in [0.4, 0.5) is 0 Å². The van der Waals surface area contributed by atoms with Crippen molar-refractivity contribution < 1.29 is 24.2 Å². The highest BCUT2D eigenvalue weighted by Crippen LogP contribution is 2.35. The summed E-state index contributed by atoms with van der Waals surface area (Å²) in [6.07, 6.45) is 1.57. The number of carbonyl (C=O) groups is 2. The number of ether oxygens (including phenoxy) is 2. The molecule has 0 spiro atoms. The molecule has 2 heterocycles. The summed E-state index contributed by atoms with van der Waals surface area (Å²) < 4.78 is 10.9. The molecule has 1 atom stereocenters. The third kappa shape index (κ3) is 3.47. The van der Waals surface area contributed by atoms with Gasteiger partial charge >= 0.3 is 5.97 Å². The monoisotopic (exact) mass is 319 g/mol. The number of nitrogens with one attached hydrogen (secondary N) is 1. The van der Waals surface area contributed by atoms with Crippen molar-refractivity contribution in [1.82, 2.24) is 5.32 Å². The molecule has 3 rings (SSSR count). The fraction of sp³-hybridized carbons (Fsp3) is 0.529. The van der Waals surface area contributed by atoms with Crippen LogP contribution < -0.4 is 10.1 Å². The Balaban J connectivity index is 1.78. The van der Waals surface area contributed by atoms with Gasteiger partial charge in [0.25, 0.3) is 0 Å². The Morgan fingerprint density at radius 1 is 1.22 bits per heavy atom. The average Bonchev–Trinajstić information content (AvgIpc) is 2.54. The fourth-order valence-corrected chi connectivity index (χ4v) is 3.36. The predicted molar refractivity (Wildman–Crippen MR) is 82.5 cm³/mol. The van der Waals surface area contributed by atoms with Gasteiger partial charge in [0.15, 0.2) is 0 Å². The molecule has 1 aromatic rings. The number of carbonyl (C=O) groups excluding carboxylic acids is 1. The van der Waals surface area contributed by atoms with Crippen LogP contribution in [0.3, 0.4) is 0 Å². The molecule has 6 nitrogen and oxygen atoms in total.